The Hall–Kier alpha value is -2.11. The van der Waals surface area contributed by atoms with Gasteiger partial charge in [0.25, 0.3) is 0 Å². The summed E-state index contributed by atoms with van der Waals surface area (Å²) in [6, 6.07) is 3.03. The number of nitrogens with one attached hydrogen (secondary N) is 1. The van der Waals surface area contributed by atoms with Crippen molar-refractivity contribution in [3.63, 3.8) is 0 Å². The number of aromatic nitrogens is 1. The second-order valence-corrected chi connectivity index (χ2v) is 6.42. The van der Waals surface area contributed by atoms with Crippen LogP contribution in [0.15, 0.2) is 24.5 Å². The molecule has 0 aromatic carbocycles. The van der Waals surface area contributed by atoms with E-state index < -0.39 is 17.7 Å². The van der Waals surface area contributed by atoms with E-state index in [-0.39, 0.29) is 5.91 Å². The maximum atomic E-state index is 12.5. The lowest BCUT2D eigenvalue weighted by Gasteiger charge is -2.35. The lowest BCUT2D eigenvalue weighted by atomic mass is 10.0. The minimum absolute atomic E-state index is 0.196. The van der Waals surface area contributed by atoms with Crippen LogP contribution >= 0.6 is 0 Å². The maximum Gasteiger partial charge on any atom is 0.410 e. The van der Waals surface area contributed by atoms with Gasteiger partial charge in [0.2, 0.25) is 5.91 Å². The second kappa shape index (κ2) is 6.77. The average molecular weight is 305 g/mol. The number of nitrogens with zero attached hydrogens (tertiary/aromatic N) is 2. The summed E-state index contributed by atoms with van der Waals surface area (Å²) in [5.41, 5.74) is 0.0565. The quantitative estimate of drug-likeness (QED) is 0.912. The van der Waals surface area contributed by atoms with Crippen LogP contribution < -0.4 is 5.32 Å². The molecule has 2 heterocycles. The Kier molecular flexibility index (Phi) is 5.00. The first kappa shape index (κ1) is 16.3. The van der Waals surface area contributed by atoms with Crippen molar-refractivity contribution >= 4 is 17.7 Å². The highest BCUT2D eigenvalue weighted by Gasteiger charge is 2.34. The number of rotatable bonds is 2. The number of hydrogen-bond donors (Lipinski definition) is 1. The molecule has 1 unspecified atom stereocenters. The summed E-state index contributed by atoms with van der Waals surface area (Å²) in [7, 11) is 0. The van der Waals surface area contributed by atoms with E-state index in [9.17, 15) is 9.59 Å². The first-order chi connectivity index (χ1) is 10.4. The van der Waals surface area contributed by atoms with Crippen LogP contribution in [-0.4, -0.2) is 40.1 Å². The lowest BCUT2D eigenvalue weighted by molar-refractivity contribution is -0.122. The molecule has 0 bridgehead atoms. The minimum atomic E-state index is -0.571. The molecule has 0 saturated carbocycles. The molecule has 6 heteroatoms. The number of carbonyl (C=O) groups excluding carboxylic acids is 2. The van der Waals surface area contributed by atoms with Gasteiger partial charge in [-0.3, -0.25) is 14.7 Å². The van der Waals surface area contributed by atoms with E-state index in [1.807, 2.05) is 20.8 Å². The molecular weight excluding hydrogens is 282 g/mol. The molecule has 0 spiro atoms. The molecule has 1 aromatic rings. The summed E-state index contributed by atoms with van der Waals surface area (Å²) >= 11 is 0. The van der Waals surface area contributed by atoms with E-state index in [0.717, 1.165) is 12.8 Å². The van der Waals surface area contributed by atoms with Crippen LogP contribution in [0.5, 0.6) is 0 Å². The first-order valence-corrected chi connectivity index (χ1v) is 7.57. The van der Waals surface area contributed by atoms with Gasteiger partial charge in [-0.2, -0.15) is 0 Å². The predicted molar refractivity (Wildman–Crippen MR) is 83.4 cm³/mol. The van der Waals surface area contributed by atoms with Crippen LogP contribution in [-0.2, 0) is 9.53 Å². The highest BCUT2D eigenvalue weighted by atomic mass is 16.6. The van der Waals surface area contributed by atoms with Gasteiger partial charge in [-0.25, -0.2) is 4.79 Å². The number of amides is 2. The van der Waals surface area contributed by atoms with Crippen molar-refractivity contribution in [3.05, 3.63) is 24.5 Å². The third-order valence-corrected chi connectivity index (χ3v) is 3.36. The molecular formula is C16H23N3O3. The summed E-state index contributed by atoms with van der Waals surface area (Å²) in [5, 5.41) is 2.81. The zero-order valence-corrected chi connectivity index (χ0v) is 13.3. The normalized spacial score (nSPS) is 18.7. The van der Waals surface area contributed by atoms with Crippen LogP contribution in [0.2, 0.25) is 0 Å². The maximum absolute atomic E-state index is 12.5. The standard InChI is InChI=1S/C16H23N3O3/c1-16(2,3)22-15(21)19-10-5-4-8-13(19)14(20)18-12-7-6-9-17-11-12/h6-7,9,11,13H,4-5,8,10H2,1-3H3,(H,18,20). The molecule has 1 fully saturated rings. The molecule has 1 aliphatic heterocycles. The molecule has 120 valence electrons. The van der Waals surface area contributed by atoms with Crippen LogP contribution in [0.3, 0.4) is 0 Å². The lowest BCUT2D eigenvalue weighted by Crippen LogP contribution is -2.51. The van der Waals surface area contributed by atoms with Crippen LogP contribution in [0, 0.1) is 0 Å². The number of likely N-dealkylation sites (tertiary alicyclic amines) is 1. The monoisotopic (exact) mass is 305 g/mol. The van der Waals surface area contributed by atoms with E-state index >= 15 is 0 Å². The van der Waals surface area contributed by atoms with Gasteiger partial charge in [0, 0.05) is 12.7 Å². The molecule has 1 atom stereocenters. The summed E-state index contributed by atoms with van der Waals surface area (Å²) in [6.07, 6.45) is 5.24. The number of hydrogen-bond acceptors (Lipinski definition) is 4. The zero-order chi connectivity index (χ0) is 16.2. The fraction of sp³-hybridized carbons (Fsp3) is 0.562. The minimum Gasteiger partial charge on any atom is -0.444 e. The van der Waals surface area contributed by atoms with E-state index in [1.165, 1.54) is 4.90 Å². The number of anilines is 1. The van der Waals surface area contributed by atoms with E-state index in [1.54, 1.807) is 24.5 Å². The highest BCUT2D eigenvalue weighted by molar-refractivity contribution is 5.96. The van der Waals surface area contributed by atoms with Gasteiger partial charge in [-0.1, -0.05) is 0 Å². The number of piperidine rings is 1. The second-order valence-electron chi connectivity index (χ2n) is 6.42. The predicted octanol–water partition coefficient (Wildman–Crippen LogP) is 2.81. The van der Waals surface area contributed by atoms with E-state index in [2.05, 4.69) is 10.3 Å². The largest absolute Gasteiger partial charge is 0.444 e. The molecule has 0 aliphatic carbocycles. The number of pyridine rings is 1. The Morgan fingerprint density at radius 3 is 2.77 bits per heavy atom. The smallest absolute Gasteiger partial charge is 0.410 e. The van der Waals surface area contributed by atoms with Gasteiger partial charge < -0.3 is 10.1 Å². The van der Waals surface area contributed by atoms with Crippen LogP contribution in [0.25, 0.3) is 0 Å². The van der Waals surface area contributed by atoms with Crippen LogP contribution in [0.4, 0.5) is 10.5 Å². The topological polar surface area (TPSA) is 71.5 Å². The Labute approximate surface area is 130 Å². The molecule has 1 aromatic heterocycles. The van der Waals surface area contributed by atoms with Crippen molar-refractivity contribution in [1.82, 2.24) is 9.88 Å². The van der Waals surface area contributed by atoms with Crippen molar-refractivity contribution in [2.24, 2.45) is 0 Å². The highest BCUT2D eigenvalue weighted by Crippen LogP contribution is 2.21. The Morgan fingerprint density at radius 2 is 2.14 bits per heavy atom. The third-order valence-electron chi connectivity index (χ3n) is 3.36. The van der Waals surface area contributed by atoms with Gasteiger partial charge in [-0.05, 0) is 52.2 Å². The summed E-state index contributed by atoms with van der Waals surface area (Å²) < 4.78 is 5.40. The van der Waals surface area contributed by atoms with Crippen molar-refractivity contribution in [2.75, 3.05) is 11.9 Å². The Bertz CT molecular complexity index is 525. The molecule has 1 aliphatic rings. The van der Waals surface area contributed by atoms with Crippen molar-refractivity contribution in [1.29, 1.82) is 0 Å². The molecule has 1 saturated heterocycles. The molecule has 0 radical (unpaired) electrons. The van der Waals surface area contributed by atoms with Crippen molar-refractivity contribution in [2.45, 2.75) is 51.7 Å². The SMILES string of the molecule is CC(C)(C)OC(=O)N1CCCCC1C(=O)Nc1cccnc1. The number of carbonyl (C=O) groups is 2. The van der Waals surface area contributed by atoms with Gasteiger partial charge in [-0.15, -0.1) is 0 Å². The van der Waals surface area contributed by atoms with Gasteiger partial charge >= 0.3 is 6.09 Å². The van der Waals surface area contributed by atoms with Crippen molar-refractivity contribution < 1.29 is 14.3 Å². The third kappa shape index (κ3) is 4.44. The zero-order valence-electron chi connectivity index (χ0n) is 13.3. The Morgan fingerprint density at radius 1 is 1.36 bits per heavy atom. The summed E-state index contributed by atoms with van der Waals surface area (Å²) in [4.78, 5) is 30.2. The van der Waals surface area contributed by atoms with Gasteiger partial charge in [0.15, 0.2) is 0 Å². The molecule has 2 amide bonds. The molecule has 2 rings (SSSR count). The Balaban J connectivity index is 2.05. The fourth-order valence-electron chi connectivity index (χ4n) is 2.41. The molecule has 22 heavy (non-hydrogen) atoms. The van der Waals surface area contributed by atoms with Gasteiger partial charge in [0.1, 0.15) is 11.6 Å². The molecule has 1 N–H and O–H groups in total. The molecule has 6 nitrogen and oxygen atoms in total. The summed E-state index contributed by atoms with van der Waals surface area (Å²) in [6.45, 7) is 6.00. The van der Waals surface area contributed by atoms with Crippen molar-refractivity contribution in [3.8, 4) is 0 Å². The number of ether oxygens (including phenoxy) is 1. The fourth-order valence-corrected chi connectivity index (χ4v) is 2.41. The van der Waals surface area contributed by atoms with Gasteiger partial charge in [0.05, 0.1) is 11.9 Å². The van der Waals surface area contributed by atoms with Crippen LogP contribution in [0.1, 0.15) is 40.0 Å². The van der Waals surface area contributed by atoms with E-state index in [0.29, 0.717) is 18.7 Å². The summed E-state index contributed by atoms with van der Waals surface area (Å²) in [5.74, 6) is -0.196. The van der Waals surface area contributed by atoms with E-state index in [4.69, 9.17) is 4.74 Å². The first-order valence-electron chi connectivity index (χ1n) is 7.57. The average Bonchev–Trinajstić information content (AvgIpc) is 2.46.